The van der Waals surface area contributed by atoms with E-state index in [1.165, 1.54) is 0 Å². The van der Waals surface area contributed by atoms with Crippen molar-refractivity contribution in [2.45, 2.75) is 58.8 Å². The number of nitrogens with zero attached hydrogens (tertiary/aromatic N) is 1. The molecule has 5 nitrogen and oxygen atoms in total. The van der Waals surface area contributed by atoms with Crippen LogP contribution in [-0.4, -0.2) is 61.4 Å². The minimum absolute atomic E-state index is 0.156. The van der Waals surface area contributed by atoms with Crippen molar-refractivity contribution in [3.05, 3.63) is 0 Å². The summed E-state index contributed by atoms with van der Waals surface area (Å²) >= 11 is 0. The molecular weight excluding hydrogens is 256 g/mol. The lowest BCUT2D eigenvalue weighted by atomic mass is 9.97. The Balaban J connectivity index is 2.55. The Bertz CT molecular complexity index is 301. The third-order valence-electron chi connectivity index (χ3n) is 3.72. The maximum absolute atomic E-state index is 12.1. The zero-order chi connectivity index (χ0) is 15.2. The summed E-state index contributed by atoms with van der Waals surface area (Å²) in [4.78, 5) is 14.5. The normalized spacial score (nSPS) is 27.1. The van der Waals surface area contributed by atoms with E-state index in [9.17, 15) is 4.79 Å². The Hall–Kier alpha value is -0.650. The maximum Gasteiger partial charge on any atom is 0.326 e. The van der Waals surface area contributed by atoms with E-state index in [1.54, 1.807) is 0 Å². The Morgan fingerprint density at radius 1 is 1.35 bits per heavy atom. The quantitative estimate of drug-likeness (QED) is 0.717. The molecular formula is C15H30N2O3. The van der Waals surface area contributed by atoms with Gasteiger partial charge in [0, 0.05) is 19.6 Å². The number of ether oxygens (including phenoxy) is 2. The number of likely N-dealkylation sites (N-methyl/N-ethyl adjacent to an activating group) is 1. The summed E-state index contributed by atoms with van der Waals surface area (Å²) in [6, 6.07) is 0. The third kappa shape index (κ3) is 5.04. The second-order valence-electron chi connectivity index (χ2n) is 5.85. The molecule has 3 unspecified atom stereocenters. The maximum atomic E-state index is 12.1. The molecule has 3 atom stereocenters. The predicted molar refractivity (Wildman–Crippen MR) is 79.8 cm³/mol. The highest BCUT2D eigenvalue weighted by Crippen LogP contribution is 2.16. The molecule has 0 aliphatic carbocycles. The molecule has 1 fully saturated rings. The third-order valence-corrected chi connectivity index (χ3v) is 3.72. The van der Waals surface area contributed by atoms with Crippen LogP contribution >= 0.6 is 0 Å². The van der Waals surface area contributed by atoms with Crippen molar-refractivity contribution < 1.29 is 14.3 Å². The molecule has 0 amide bonds. The van der Waals surface area contributed by atoms with Crippen molar-refractivity contribution in [3.8, 4) is 0 Å². The second kappa shape index (κ2) is 7.96. The fourth-order valence-corrected chi connectivity index (χ4v) is 2.79. The smallest absolute Gasteiger partial charge is 0.326 e. The van der Waals surface area contributed by atoms with Gasteiger partial charge >= 0.3 is 5.97 Å². The van der Waals surface area contributed by atoms with Crippen molar-refractivity contribution in [2.24, 2.45) is 0 Å². The Morgan fingerprint density at radius 2 is 1.95 bits per heavy atom. The predicted octanol–water partition coefficient (Wildman–Crippen LogP) is 1.42. The van der Waals surface area contributed by atoms with Gasteiger partial charge in [-0.05, 0) is 40.7 Å². The molecule has 0 bridgehead atoms. The zero-order valence-electron chi connectivity index (χ0n) is 13.6. The number of esters is 1. The Kier molecular flexibility index (Phi) is 6.92. The molecule has 0 aromatic carbocycles. The first-order valence-electron chi connectivity index (χ1n) is 7.71. The molecule has 0 aromatic heterocycles. The van der Waals surface area contributed by atoms with Crippen LogP contribution in [0, 0.1) is 0 Å². The van der Waals surface area contributed by atoms with Crippen molar-refractivity contribution in [1.82, 2.24) is 10.2 Å². The fourth-order valence-electron chi connectivity index (χ4n) is 2.79. The highest BCUT2D eigenvalue weighted by molar-refractivity contribution is 5.80. The number of rotatable bonds is 7. The molecule has 0 aromatic rings. The molecule has 118 valence electrons. The summed E-state index contributed by atoms with van der Waals surface area (Å²) in [5, 5.41) is 3.27. The summed E-state index contributed by atoms with van der Waals surface area (Å²) in [5.74, 6) is -0.156. The molecule has 1 N–H and O–H groups in total. The monoisotopic (exact) mass is 286 g/mol. The van der Waals surface area contributed by atoms with Gasteiger partial charge in [0.1, 0.15) is 5.54 Å². The van der Waals surface area contributed by atoms with Crippen molar-refractivity contribution in [1.29, 1.82) is 0 Å². The SMILES string of the molecule is CCNC(C)(CCN1CC(C)OC(C)C1)C(=O)OCC. The number of carbonyl (C=O) groups excluding carboxylic acids is 1. The van der Waals surface area contributed by atoms with Gasteiger partial charge in [-0.15, -0.1) is 0 Å². The topological polar surface area (TPSA) is 50.8 Å². The summed E-state index contributed by atoms with van der Waals surface area (Å²) in [6.07, 6.45) is 1.26. The average Bonchev–Trinajstić information content (AvgIpc) is 2.36. The van der Waals surface area contributed by atoms with E-state index < -0.39 is 5.54 Å². The zero-order valence-corrected chi connectivity index (χ0v) is 13.6. The van der Waals surface area contributed by atoms with E-state index in [0.29, 0.717) is 6.61 Å². The minimum Gasteiger partial charge on any atom is -0.465 e. The first kappa shape index (κ1) is 17.4. The van der Waals surface area contributed by atoms with E-state index in [4.69, 9.17) is 9.47 Å². The van der Waals surface area contributed by atoms with Gasteiger partial charge < -0.3 is 14.8 Å². The summed E-state index contributed by atoms with van der Waals surface area (Å²) < 4.78 is 10.9. The van der Waals surface area contributed by atoms with Crippen LogP contribution in [0.2, 0.25) is 0 Å². The van der Waals surface area contributed by atoms with E-state index in [2.05, 4.69) is 24.1 Å². The lowest BCUT2D eigenvalue weighted by Crippen LogP contribution is -2.54. The summed E-state index contributed by atoms with van der Waals surface area (Å²) in [7, 11) is 0. The molecule has 1 aliphatic rings. The van der Waals surface area contributed by atoms with E-state index in [1.807, 2.05) is 20.8 Å². The van der Waals surface area contributed by atoms with Crippen LogP contribution in [0.15, 0.2) is 0 Å². The first-order chi connectivity index (χ1) is 9.41. The highest BCUT2D eigenvalue weighted by Gasteiger charge is 2.34. The number of nitrogens with one attached hydrogen (secondary N) is 1. The molecule has 0 radical (unpaired) electrons. The number of carbonyl (C=O) groups is 1. The molecule has 1 heterocycles. The van der Waals surface area contributed by atoms with Crippen LogP contribution in [-0.2, 0) is 14.3 Å². The van der Waals surface area contributed by atoms with Crippen molar-refractivity contribution in [2.75, 3.05) is 32.8 Å². The lowest BCUT2D eigenvalue weighted by Gasteiger charge is -2.37. The molecule has 5 heteroatoms. The van der Waals surface area contributed by atoms with Gasteiger partial charge in [-0.3, -0.25) is 9.69 Å². The number of hydrogen-bond donors (Lipinski definition) is 1. The summed E-state index contributed by atoms with van der Waals surface area (Å²) in [6.45, 7) is 13.9. The molecule has 1 saturated heterocycles. The Morgan fingerprint density at radius 3 is 2.45 bits per heavy atom. The van der Waals surface area contributed by atoms with Gasteiger partial charge in [-0.2, -0.15) is 0 Å². The van der Waals surface area contributed by atoms with Gasteiger partial charge in [-0.1, -0.05) is 6.92 Å². The van der Waals surface area contributed by atoms with Crippen molar-refractivity contribution in [3.63, 3.8) is 0 Å². The standard InChI is InChI=1S/C15H30N2O3/c1-6-16-15(5,14(18)19-7-2)8-9-17-10-12(3)20-13(4)11-17/h12-13,16H,6-11H2,1-5H3. The number of hydrogen-bond acceptors (Lipinski definition) is 5. The molecule has 1 aliphatic heterocycles. The molecule has 1 rings (SSSR count). The Labute approximate surface area is 123 Å². The second-order valence-corrected chi connectivity index (χ2v) is 5.85. The van der Waals surface area contributed by atoms with E-state index in [-0.39, 0.29) is 18.2 Å². The van der Waals surface area contributed by atoms with Gasteiger partial charge in [0.15, 0.2) is 0 Å². The fraction of sp³-hybridized carbons (Fsp3) is 0.933. The molecule has 0 saturated carbocycles. The van der Waals surface area contributed by atoms with Gasteiger partial charge in [0.25, 0.3) is 0 Å². The van der Waals surface area contributed by atoms with Crippen LogP contribution in [0.5, 0.6) is 0 Å². The van der Waals surface area contributed by atoms with Gasteiger partial charge in [0.05, 0.1) is 18.8 Å². The van der Waals surface area contributed by atoms with E-state index >= 15 is 0 Å². The van der Waals surface area contributed by atoms with Crippen LogP contribution in [0.3, 0.4) is 0 Å². The van der Waals surface area contributed by atoms with Gasteiger partial charge in [-0.25, -0.2) is 0 Å². The molecule has 20 heavy (non-hydrogen) atoms. The lowest BCUT2D eigenvalue weighted by molar-refractivity contribution is -0.151. The minimum atomic E-state index is -0.602. The van der Waals surface area contributed by atoms with Gasteiger partial charge in [0.2, 0.25) is 0 Å². The highest BCUT2D eigenvalue weighted by atomic mass is 16.5. The van der Waals surface area contributed by atoms with Crippen LogP contribution in [0.25, 0.3) is 0 Å². The molecule has 0 spiro atoms. The first-order valence-corrected chi connectivity index (χ1v) is 7.71. The van der Waals surface area contributed by atoms with Crippen molar-refractivity contribution >= 4 is 5.97 Å². The largest absolute Gasteiger partial charge is 0.465 e. The average molecular weight is 286 g/mol. The van der Waals surface area contributed by atoms with Crippen LogP contribution < -0.4 is 5.32 Å². The van der Waals surface area contributed by atoms with Crippen LogP contribution in [0.4, 0.5) is 0 Å². The van der Waals surface area contributed by atoms with E-state index in [0.717, 1.165) is 32.6 Å². The summed E-state index contributed by atoms with van der Waals surface area (Å²) in [5.41, 5.74) is -0.602. The van der Waals surface area contributed by atoms with Crippen LogP contribution in [0.1, 0.15) is 41.0 Å². The number of morpholine rings is 1.